The Morgan fingerprint density at radius 2 is 2.14 bits per heavy atom. The molecule has 1 aliphatic heterocycles. The summed E-state index contributed by atoms with van der Waals surface area (Å²) in [4.78, 5) is 15.3. The third kappa shape index (κ3) is 4.98. The number of hydrogen-bond donors (Lipinski definition) is 0. The van der Waals surface area contributed by atoms with Gasteiger partial charge in [0.15, 0.2) is 6.29 Å². The monoisotopic (exact) mass is 395 g/mol. The van der Waals surface area contributed by atoms with Gasteiger partial charge in [0, 0.05) is 17.5 Å². The van der Waals surface area contributed by atoms with Gasteiger partial charge in [-0.3, -0.25) is 9.48 Å². The number of ether oxygens (including phenoxy) is 2. The van der Waals surface area contributed by atoms with E-state index in [-0.39, 0.29) is 25.5 Å². The first-order valence-corrected chi connectivity index (χ1v) is 8.80. The zero-order valence-corrected chi connectivity index (χ0v) is 15.3. The summed E-state index contributed by atoms with van der Waals surface area (Å²) in [7, 11) is 0. The lowest BCUT2D eigenvalue weighted by Gasteiger charge is -2.22. The zero-order chi connectivity index (χ0) is 20.1. The largest absolute Gasteiger partial charge is 0.487 e. The summed E-state index contributed by atoms with van der Waals surface area (Å²) in [6.07, 6.45) is -2.53. The number of aromatic nitrogens is 3. The van der Waals surface area contributed by atoms with Crippen LogP contribution in [0.15, 0.2) is 30.0 Å². The lowest BCUT2D eigenvalue weighted by atomic mass is 10.0. The molecule has 0 unspecified atom stereocenters. The first kappa shape index (κ1) is 20.1. The van der Waals surface area contributed by atoms with E-state index in [4.69, 9.17) is 9.47 Å². The number of hydrogen-bond acceptors (Lipinski definition) is 5. The lowest BCUT2D eigenvalue weighted by Crippen LogP contribution is -2.19. The van der Waals surface area contributed by atoms with Gasteiger partial charge < -0.3 is 9.47 Å². The maximum atomic E-state index is 12.6. The van der Waals surface area contributed by atoms with Gasteiger partial charge in [-0.25, -0.2) is 4.98 Å². The van der Waals surface area contributed by atoms with Crippen LogP contribution in [0.3, 0.4) is 0 Å². The van der Waals surface area contributed by atoms with Crippen LogP contribution in [0.4, 0.5) is 13.2 Å². The van der Waals surface area contributed by atoms with Crippen LogP contribution in [0.25, 0.3) is 5.57 Å². The molecule has 0 radical (unpaired) electrons. The van der Waals surface area contributed by atoms with Crippen molar-refractivity contribution in [3.05, 3.63) is 47.1 Å². The highest BCUT2D eigenvalue weighted by atomic mass is 19.4. The summed E-state index contributed by atoms with van der Waals surface area (Å²) in [5.41, 5.74) is 3.16. The number of aldehydes is 1. The van der Waals surface area contributed by atoms with Gasteiger partial charge in [-0.05, 0) is 37.1 Å². The van der Waals surface area contributed by atoms with Crippen molar-refractivity contribution in [2.45, 2.75) is 32.5 Å². The molecular formula is C19H20F3N3O3. The summed E-state index contributed by atoms with van der Waals surface area (Å²) in [5.74, 6) is 0.365. The van der Waals surface area contributed by atoms with Crippen molar-refractivity contribution in [1.29, 1.82) is 0 Å². The molecular weight excluding hydrogens is 375 g/mol. The van der Waals surface area contributed by atoms with Crippen LogP contribution in [0, 0.1) is 6.92 Å². The van der Waals surface area contributed by atoms with Gasteiger partial charge in [-0.1, -0.05) is 0 Å². The van der Waals surface area contributed by atoms with E-state index < -0.39 is 12.6 Å². The van der Waals surface area contributed by atoms with Gasteiger partial charge in [0.05, 0.1) is 31.9 Å². The normalized spacial score (nSPS) is 15.0. The van der Waals surface area contributed by atoms with Crippen LogP contribution in [-0.4, -0.2) is 47.0 Å². The van der Waals surface area contributed by atoms with Gasteiger partial charge in [0.1, 0.15) is 18.1 Å². The molecule has 0 saturated carbocycles. The first-order valence-electron chi connectivity index (χ1n) is 8.80. The van der Waals surface area contributed by atoms with E-state index in [1.807, 2.05) is 0 Å². The Balaban J connectivity index is 1.81. The fraction of sp³-hybridized carbons (Fsp3) is 0.421. The van der Waals surface area contributed by atoms with Crippen LogP contribution in [0.2, 0.25) is 0 Å². The number of carbonyl (C=O) groups is 1. The Bertz CT molecular complexity index is 875. The molecule has 1 aliphatic rings. The minimum absolute atomic E-state index is 0.189. The van der Waals surface area contributed by atoms with E-state index in [1.165, 1.54) is 10.9 Å². The molecule has 0 N–H and O–H groups in total. The molecule has 0 bridgehead atoms. The molecule has 150 valence electrons. The van der Waals surface area contributed by atoms with Crippen LogP contribution in [0.1, 0.15) is 34.7 Å². The number of carbonyl (C=O) groups excluding carboxylic acids is 1. The second kappa shape index (κ2) is 8.55. The molecule has 9 heteroatoms. The topological polar surface area (TPSA) is 66.2 Å². The Morgan fingerprint density at radius 3 is 2.89 bits per heavy atom. The van der Waals surface area contributed by atoms with Crippen LogP contribution in [0.5, 0.6) is 5.75 Å². The second-order valence-corrected chi connectivity index (χ2v) is 6.43. The Hall–Kier alpha value is -2.68. The quantitative estimate of drug-likeness (QED) is 0.670. The third-order valence-electron chi connectivity index (χ3n) is 4.39. The Labute approximate surface area is 160 Å². The second-order valence-electron chi connectivity index (χ2n) is 6.43. The molecule has 6 nitrogen and oxygen atoms in total. The van der Waals surface area contributed by atoms with Crippen molar-refractivity contribution in [3.63, 3.8) is 0 Å². The SMILES string of the molecule is Cc1ccc(OCC2=C(c3ccnn3CCC(F)(F)F)COCC2)c(C=O)n1. The molecule has 3 rings (SSSR count). The van der Waals surface area contributed by atoms with Gasteiger partial charge >= 0.3 is 6.18 Å². The number of halogens is 3. The van der Waals surface area contributed by atoms with Crippen LogP contribution in [-0.2, 0) is 11.3 Å². The number of alkyl halides is 3. The minimum atomic E-state index is -4.25. The first-order chi connectivity index (χ1) is 13.4. The van der Waals surface area contributed by atoms with Crippen molar-refractivity contribution >= 4 is 11.9 Å². The number of aryl methyl sites for hydroxylation is 2. The molecule has 0 fully saturated rings. The van der Waals surface area contributed by atoms with Gasteiger partial charge in [-0.2, -0.15) is 18.3 Å². The molecule has 0 aromatic carbocycles. The van der Waals surface area contributed by atoms with Crippen molar-refractivity contribution in [2.24, 2.45) is 0 Å². The zero-order valence-electron chi connectivity index (χ0n) is 15.3. The highest BCUT2D eigenvalue weighted by Crippen LogP contribution is 2.28. The van der Waals surface area contributed by atoms with Crippen molar-refractivity contribution in [2.75, 3.05) is 19.8 Å². The standard InChI is InChI=1S/C19H20F3N3O3/c1-13-2-3-18(16(10-26)24-13)28-11-14-5-9-27-12-15(14)17-4-7-23-25(17)8-6-19(20,21)22/h2-4,7,10H,5-6,8-9,11-12H2,1H3. The van der Waals surface area contributed by atoms with Gasteiger partial charge in [-0.15, -0.1) is 0 Å². The fourth-order valence-electron chi connectivity index (χ4n) is 2.97. The van der Waals surface area contributed by atoms with E-state index in [2.05, 4.69) is 10.1 Å². The Kier molecular flexibility index (Phi) is 6.13. The highest BCUT2D eigenvalue weighted by molar-refractivity contribution is 5.76. The summed E-state index contributed by atoms with van der Waals surface area (Å²) < 4.78 is 50.3. The van der Waals surface area contributed by atoms with E-state index in [9.17, 15) is 18.0 Å². The summed E-state index contributed by atoms with van der Waals surface area (Å²) in [5, 5.41) is 4.01. The molecule has 0 saturated heterocycles. The lowest BCUT2D eigenvalue weighted by molar-refractivity contribution is -0.137. The van der Waals surface area contributed by atoms with Crippen LogP contribution >= 0.6 is 0 Å². The van der Waals surface area contributed by atoms with Gasteiger partial charge in [0.25, 0.3) is 0 Å². The van der Waals surface area contributed by atoms with E-state index in [0.29, 0.717) is 36.5 Å². The summed E-state index contributed by atoms with van der Waals surface area (Å²) >= 11 is 0. The van der Waals surface area contributed by atoms with Crippen molar-refractivity contribution in [3.8, 4) is 5.75 Å². The molecule has 2 aromatic heterocycles. The number of nitrogens with zero attached hydrogens (tertiary/aromatic N) is 3. The van der Waals surface area contributed by atoms with Crippen LogP contribution < -0.4 is 4.74 Å². The molecule has 0 amide bonds. The maximum Gasteiger partial charge on any atom is 0.390 e. The molecule has 2 aromatic rings. The fourth-order valence-corrected chi connectivity index (χ4v) is 2.97. The van der Waals surface area contributed by atoms with Crippen molar-refractivity contribution in [1.82, 2.24) is 14.8 Å². The highest BCUT2D eigenvalue weighted by Gasteiger charge is 2.28. The number of rotatable bonds is 7. The van der Waals surface area contributed by atoms with Crippen molar-refractivity contribution < 1.29 is 27.4 Å². The minimum Gasteiger partial charge on any atom is -0.487 e. The average Bonchev–Trinajstić information content (AvgIpc) is 3.13. The molecule has 0 spiro atoms. The van der Waals surface area contributed by atoms with E-state index in [1.54, 1.807) is 25.1 Å². The molecule has 0 atom stereocenters. The van der Waals surface area contributed by atoms with E-state index >= 15 is 0 Å². The maximum absolute atomic E-state index is 12.6. The number of pyridine rings is 1. The molecule has 0 aliphatic carbocycles. The van der Waals surface area contributed by atoms with E-state index in [0.717, 1.165) is 11.1 Å². The smallest absolute Gasteiger partial charge is 0.390 e. The summed E-state index contributed by atoms with van der Waals surface area (Å²) in [6.45, 7) is 2.46. The predicted octanol–water partition coefficient (Wildman–Crippen LogP) is 3.60. The average molecular weight is 395 g/mol. The summed E-state index contributed by atoms with van der Waals surface area (Å²) in [6, 6.07) is 5.09. The van der Waals surface area contributed by atoms with Gasteiger partial charge in [0.2, 0.25) is 0 Å². The molecule has 28 heavy (non-hydrogen) atoms. The molecule has 3 heterocycles. The Morgan fingerprint density at radius 1 is 1.32 bits per heavy atom. The predicted molar refractivity (Wildman–Crippen MR) is 95.1 cm³/mol. The third-order valence-corrected chi connectivity index (χ3v) is 4.39.